The maximum Gasteiger partial charge on any atom is 0.0966 e. The molecule has 0 unspecified atom stereocenters. The predicted octanol–water partition coefficient (Wildman–Crippen LogP) is 6.56. The molecule has 1 aromatic carbocycles. The van der Waals surface area contributed by atoms with Crippen molar-refractivity contribution in [2.45, 2.75) is 52.4 Å². The van der Waals surface area contributed by atoms with Gasteiger partial charge in [0, 0.05) is 20.8 Å². The Kier molecular flexibility index (Phi) is 4.24. The third kappa shape index (κ3) is 3.40. The molecule has 2 aromatic rings. The number of aryl methyl sites for hydroxylation is 1. The van der Waals surface area contributed by atoms with E-state index in [-0.39, 0.29) is 0 Å². The number of nitrogens with zero attached hydrogens (tertiary/aromatic N) is 1. The van der Waals surface area contributed by atoms with E-state index < -0.39 is 0 Å². The van der Waals surface area contributed by atoms with Crippen LogP contribution in [0.4, 0.5) is 0 Å². The predicted molar refractivity (Wildman–Crippen MR) is 95.0 cm³/mol. The van der Waals surface area contributed by atoms with Crippen LogP contribution in [0.2, 0.25) is 0 Å². The number of hydrogen-bond acceptors (Lipinski definition) is 2. The molecule has 1 nitrogen and oxygen atoms in total. The maximum atomic E-state index is 4.99. The highest BCUT2D eigenvalue weighted by atomic mass is 79.9. The molecule has 0 aliphatic heterocycles. The van der Waals surface area contributed by atoms with E-state index in [0.29, 0.717) is 11.3 Å². The van der Waals surface area contributed by atoms with E-state index in [1.165, 1.54) is 46.8 Å². The van der Waals surface area contributed by atoms with E-state index >= 15 is 0 Å². The summed E-state index contributed by atoms with van der Waals surface area (Å²) in [6.07, 6.45) is 5.22. The molecule has 1 aliphatic rings. The van der Waals surface area contributed by atoms with Crippen LogP contribution >= 0.6 is 27.3 Å². The fourth-order valence-electron chi connectivity index (χ4n) is 3.14. The lowest BCUT2D eigenvalue weighted by Crippen LogP contribution is -2.20. The van der Waals surface area contributed by atoms with E-state index in [1.807, 2.05) is 11.3 Å². The summed E-state index contributed by atoms with van der Waals surface area (Å²) in [5.74, 6) is 0.669. The first-order chi connectivity index (χ1) is 9.94. The summed E-state index contributed by atoms with van der Waals surface area (Å²) in [5.41, 5.74) is 2.91. The van der Waals surface area contributed by atoms with Crippen molar-refractivity contribution in [2.75, 3.05) is 0 Å². The van der Waals surface area contributed by atoms with Crippen LogP contribution in [-0.4, -0.2) is 4.98 Å². The van der Waals surface area contributed by atoms with Gasteiger partial charge in [-0.3, -0.25) is 0 Å². The third-order valence-corrected chi connectivity index (χ3v) is 6.23. The van der Waals surface area contributed by atoms with Gasteiger partial charge in [-0.25, -0.2) is 4.98 Å². The fourth-order valence-corrected chi connectivity index (χ4v) is 4.65. The first-order valence-electron chi connectivity index (χ1n) is 7.68. The largest absolute Gasteiger partial charge is 0.241 e. The first-order valence-corrected chi connectivity index (χ1v) is 9.29. The van der Waals surface area contributed by atoms with Gasteiger partial charge in [0.2, 0.25) is 0 Å². The Hall–Kier alpha value is -0.670. The van der Waals surface area contributed by atoms with Crippen molar-refractivity contribution in [3.05, 3.63) is 38.6 Å². The molecule has 1 heterocycles. The number of benzene rings is 1. The van der Waals surface area contributed by atoms with Crippen LogP contribution in [0.15, 0.2) is 28.7 Å². The zero-order valence-electron chi connectivity index (χ0n) is 12.9. The van der Waals surface area contributed by atoms with Crippen LogP contribution in [-0.2, 0) is 0 Å². The fraction of sp³-hybridized carbons (Fsp3) is 0.500. The number of thiazole rings is 1. The molecule has 1 fully saturated rings. The van der Waals surface area contributed by atoms with Gasteiger partial charge in [0.15, 0.2) is 0 Å². The molecule has 1 saturated carbocycles. The van der Waals surface area contributed by atoms with Crippen LogP contribution < -0.4 is 0 Å². The average molecular weight is 364 g/mol. The van der Waals surface area contributed by atoms with Crippen molar-refractivity contribution < 1.29 is 0 Å². The Balaban J connectivity index is 1.85. The molecule has 0 N–H and O–H groups in total. The van der Waals surface area contributed by atoms with Crippen LogP contribution in [0.5, 0.6) is 0 Å². The number of aromatic nitrogens is 1. The van der Waals surface area contributed by atoms with Crippen LogP contribution in [0.3, 0.4) is 0 Å². The molecule has 0 bridgehead atoms. The normalized spacial score (nSPS) is 18.9. The van der Waals surface area contributed by atoms with E-state index in [2.05, 4.69) is 61.0 Å². The summed E-state index contributed by atoms with van der Waals surface area (Å²) in [4.78, 5) is 6.33. The minimum absolute atomic E-state index is 0.524. The van der Waals surface area contributed by atoms with E-state index in [9.17, 15) is 0 Å². The minimum Gasteiger partial charge on any atom is -0.241 e. The topological polar surface area (TPSA) is 12.9 Å². The lowest BCUT2D eigenvalue weighted by Gasteiger charge is -2.33. The van der Waals surface area contributed by atoms with Crippen LogP contribution in [0.25, 0.3) is 11.3 Å². The number of halogens is 1. The van der Waals surface area contributed by atoms with Gasteiger partial charge < -0.3 is 0 Å². The van der Waals surface area contributed by atoms with Crippen molar-refractivity contribution in [1.82, 2.24) is 4.98 Å². The molecule has 112 valence electrons. The molecule has 1 aromatic heterocycles. The van der Waals surface area contributed by atoms with Crippen molar-refractivity contribution >= 4 is 27.3 Å². The lowest BCUT2D eigenvalue weighted by molar-refractivity contribution is 0.224. The standard InChI is InChI=1S/C18H22BrNS/c1-12-16(14-5-4-6-15(19)11-14)20-17(21-12)13-7-9-18(2,3)10-8-13/h4-6,11,13H,7-10H2,1-3H3. The number of hydrogen-bond donors (Lipinski definition) is 0. The molecule has 3 heteroatoms. The monoisotopic (exact) mass is 363 g/mol. The molecule has 0 amide bonds. The Bertz CT molecular complexity index is 634. The first kappa shape index (κ1) is 15.2. The van der Waals surface area contributed by atoms with Crippen LogP contribution in [0, 0.1) is 12.3 Å². The molecule has 0 atom stereocenters. The molecule has 3 rings (SSSR count). The summed E-state index contributed by atoms with van der Waals surface area (Å²) < 4.78 is 1.12. The van der Waals surface area contributed by atoms with Crippen molar-refractivity contribution in [3.63, 3.8) is 0 Å². The molecular weight excluding hydrogens is 342 g/mol. The average Bonchev–Trinajstić information content (AvgIpc) is 2.81. The second-order valence-corrected chi connectivity index (χ2v) is 9.06. The van der Waals surface area contributed by atoms with Gasteiger partial charge in [-0.1, -0.05) is 41.9 Å². The minimum atomic E-state index is 0.524. The Labute approximate surface area is 139 Å². The highest BCUT2D eigenvalue weighted by Crippen LogP contribution is 2.44. The SMILES string of the molecule is Cc1sc(C2CCC(C)(C)CC2)nc1-c1cccc(Br)c1. The van der Waals surface area contributed by atoms with Gasteiger partial charge in [0.1, 0.15) is 0 Å². The molecule has 0 spiro atoms. The van der Waals surface area contributed by atoms with Gasteiger partial charge in [0.05, 0.1) is 10.7 Å². The smallest absolute Gasteiger partial charge is 0.0966 e. The summed E-state index contributed by atoms with van der Waals surface area (Å²) in [7, 11) is 0. The highest BCUT2D eigenvalue weighted by molar-refractivity contribution is 9.10. The van der Waals surface area contributed by atoms with Gasteiger partial charge in [-0.15, -0.1) is 11.3 Å². The molecule has 0 saturated heterocycles. The van der Waals surface area contributed by atoms with Gasteiger partial charge >= 0.3 is 0 Å². The van der Waals surface area contributed by atoms with E-state index in [4.69, 9.17) is 4.98 Å². The molecule has 21 heavy (non-hydrogen) atoms. The summed E-state index contributed by atoms with van der Waals surface area (Å²) in [5, 5.41) is 1.35. The highest BCUT2D eigenvalue weighted by Gasteiger charge is 2.29. The second kappa shape index (κ2) is 5.85. The Morgan fingerprint density at radius 1 is 1.24 bits per heavy atom. The van der Waals surface area contributed by atoms with Crippen LogP contribution in [0.1, 0.15) is 55.3 Å². The van der Waals surface area contributed by atoms with Gasteiger partial charge in [-0.05, 0) is 50.2 Å². The van der Waals surface area contributed by atoms with Crippen molar-refractivity contribution in [1.29, 1.82) is 0 Å². The number of rotatable bonds is 2. The van der Waals surface area contributed by atoms with Gasteiger partial charge in [0.25, 0.3) is 0 Å². The second-order valence-electron chi connectivity index (χ2n) is 6.91. The zero-order valence-corrected chi connectivity index (χ0v) is 15.4. The molecule has 0 radical (unpaired) electrons. The lowest BCUT2D eigenvalue weighted by atomic mass is 9.73. The van der Waals surface area contributed by atoms with Gasteiger partial charge in [-0.2, -0.15) is 0 Å². The zero-order chi connectivity index (χ0) is 15.0. The quantitative estimate of drug-likeness (QED) is 0.588. The summed E-state index contributed by atoms with van der Waals surface area (Å²) >= 11 is 5.45. The van der Waals surface area contributed by atoms with E-state index in [0.717, 1.165) is 4.47 Å². The van der Waals surface area contributed by atoms with E-state index in [1.54, 1.807) is 0 Å². The maximum absolute atomic E-state index is 4.99. The van der Waals surface area contributed by atoms with Crippen molar-refractivity contribution in [3.8, 4) is 11.3 Å². The third-order valence-electron chi connectivity index (χ3n) is 4.60. The summed E-state index contributed by atoms with van der Waals surface area (Å²) in [6, 6.07) is 8.47. The van der Waals surface area contributed by atoms with Crippen molar-refractivity contribution in [2.24, 2.45) is 5.41 Å². The Morgan fingerprint density at radius 2 is 1.95 bits per heavy atom. The summed E-state index contributed by atoms with van der Waals surface area (Å²) in [6.45, 7) is 6.98. The molecule has 1 aliphatic carbocycles. The Morgan fingerprint density at radius 3 is 2.62 bits per heavy atom. The molecular formula is C18H22BrNS.